The van der Waals surface area contributed by atoms with Crippen LogP contribution in [0.15, 0.2) is 30.5 Å². The van der Waals surface area contributed by atoms with Gasteiger partial charge >= 0.3 is 11.7 Å². The quantitative estimate of drug-likeness (QED) is 0.674. The second kappa shape index (κ2) is 5.66. The number of nitrogens with zero attached hydrogens (tertiary/aromatic N) is 2. The van der Waals surface area contributed by atoms with Crippen LogP contribution in [0.2, 0.25) is 0 Å². The fourth-order valence-electron chi connectivity index (χ4n) is 2.23. The van der Waals surface area contributed by atoms with E-state index < -0.39 is 10.9 Å². The van der Waals surface area contributed by atoms with Crippen LogP contribution in [-0.2, 0) is 6.42 Å². The number of ether oxygens (including phenoxy) is 1. The van der Waals surface area contributed by atoms with E-state index >= 15 is 0 Å². The van der Waals surface area contributed by atoms with Gasteiger partial charge < -0.3 is 14.4 Å². The molecule has 0 aliphatic heterocycles. The van der Waals surface area contributed by atoms with Crippen molar-refractivity contribution in [3.8, 4) is 11.4 Å². The average Bonchev–Trinajstić information content (AvgIpc) is 2.90. The van der Waals surface area contributed by atoms with Gasteiger partial charge in [-0.1, -0.05) is 6.92 Å². The number of hydrogen-bond acceptors (Lipinski definition) is 4. The number of hydrogen-bond donors (Lipinski definition) is 1. The molecule has 1 aromatic heterocycles. The first-order valence-corrected chi connectivity index (χ1v) is 6.25. The summed E-state index contributed by atoms with van der Waals surface area (Å²) in [7, 11) is 1.36. The Morgan fingerprint density at radius 3 is 2.67 bits per heavy atom. The van der Waals surface area contributed by atoms with E-state index in [1.54, 1.807) is 16.8 Å². The summed E-state index contributed by atoms with van der Waals surface area (Å²) in [5.41, 5.74) is 1.13. The normalized spacial score (nSPS) is 10.4. The second-order valence-electron chi connectivity index (χ2n) is 4.32. The van der Waals surface area contributed by atoms with Gasteiger partial charge in [0.15, 0.2) is 5.75 Å². The number of benzene rings is 1. The number of nitro groups is 1. The van der Waals surface area contributed by atoms with E-state index in [0.29, 0.717) is 17.8 Å². The number of carboxylic acids is 1. The minimum Gasteiger partial charge on any atom is -0.490 e. The molecule has 2 aromatic rings. The van der Waals surface area contributed by atoms with E-state index in [1.165, 1.54) is 25.3 Å². The van der Waals surface area contributed by atoms with Gasteiger partial charge in [0.05, 0.1) is 23.3 Å². The number of rotatable bonds is 5. The fraction of sp³-hybridized carbons (Fsp3) is 0.214. The lowest BCUT2D eigenvalue weighted by Gasteiger charge is -2.10. The van der Waals surface area contributed by atoms with E-state index in [4.69, 9.17) is 9.84 Å². The molecule has 0 atom stereocenters. The van der Waals surface area contributed by atoms with Crippen molar-refractivity contribution in [2.45, 2.75) is 13.3 Å². The first-order chi connectivity index (χ1) is 9.99. The Bertz CT molecular complexity index is 705. The first kappa shape index (κ1) is 14.6. The van der Waals surface area contributed by atoms with Crippen molar-refractivity contribution in [2.24, 2.45) is 0 Å². The van der Waals surface area contributed by atoms with Crippen molar-refractivity contribution in [2.75, 3.05) is 7.11 Å². The number of nitro benzene ring substituents is 1. The van der Waals surface area contributed by atoms with Crippen molar-refractivity contribution >= 4 is 11.7 Å². The van der Waals surface area contributed by atoms with E-state index in [-0.39, 0.29) is 17.0 Å². The molecule has 0 saturated heterocycles. The van der Waals surface area contributed by atoms with Gasteiger partial charge in [-0.05, 0) is 24.6 Å². The standard InChI is InChI=1S/C14H14N2O5/c1-3-11-10(14(17)18)6-7-15(11)9-4-5-13(21-2)12(8-9)16(19)20/h4-8H,3H2,1-2H3,(H,17,18). The second-order valence-corrected chi connectivity index (χ2v) is 4.32. The molecule has 0 unspecified atom stereocenters. The number of aromatic carboxylic acids is 1. The summed E-state index contributed by atoms with van der Waals surface area (Å²) in [6, 6.07) is 5.99. The number of aromatic nitrogens is 1. The van der Waals surface area contributed by atoms with Crippen LogP contribution in [-0.4, -0.2) is 27.7 Å². The third-order valence-corrected chi connectivity index (χ3v) is 3.19. The van der Waals surface area contributed by atoms with Gasteiger partial charge in [0.25, 0.3) is 0 Å². The number of carboxylic acid groups (broad SMARTS) is 1. The third kappa shape index (κ3) is 2.58. The molecule has 1 N–H and O–H groups in total. The zero-order valence-electron chi connectivity index (χ0n) is 11.6. The molecule has 7 heteroatoms. The van der Waals surface area contributed by atoms with Gasteiger partial charge in [-0.15, -0.1) is 0 Å². The van der Waals surface area contributed by atoms with E-state index in [9.17, 15) is 14.9 Å². The molecule has 0 amide bonds. The summed E-state index contributed by atoms with van der Waals surface area (Å²) in [6.07, 6.45) is 2.09. The Balaban J connectivity index is 2.60. The zero-order valence-corrected chi connectivity index (χ0v) is 11.6. The van der Waals surface area contributed by atoms with Gasteiger partial charge in [-0.2, -0.15) is 0 Å². The van der Waals surface area contributed by atoms with Crippen LogP contribution < -0.4 is 4.74 Å². The average molecular weight is 290 g/mol. The van der Waals surface area contributed by atoms with E-state index in [1.807, 2.05) is 6.92 Å². The smallest absolute Gasteiger partial charge is 0.337 e. The predicted molar refractivity (Wildman–Crippen MR) is 75.3 cm³/mol. The van der Waals surface area contributed by atoms with E-state index in [2.05, 4.69) is 0 Å². The molecule has 0 bridgehead atoms. The molecule has 0 fully saturated rings. The maximum Gasteiger partial charge on any atom is 0.337 e. The van der Waals surface area contributed by atoms with Gasteiger partial charge in [0, 0.05) is 18.0 Å². The predicted octanol–water partition coefficient (Wildman–Crippen LogP) is 2.65. The van der Waals surface area contributed by atoms with Gasteiger partial charge in [0.1, 0.15) is 0 Å². The molecule has 21 heavy (non-hydrogen) atoms. The number of methoxy groups -OCH3 is 1. The van der Waals surface area contributed by atoms with Gasteiger partial charge in [-0.3, -0.25) is 10.1 Å². The molecule has 0 saturated carbocycles. The van der Waals surface area contributed by atoms with Crippen LogP contribution in [0, 0.1) is 10.1 Å². The molecule has 0 aliphatic carbocycles. The van der Waals surface area contributed by atoms with Crippen LogP contribution in [0.25, 0.3) is 5.69 Å². The Morgan fingerprint density at radius 2 is 2.14 bits per heavy atom. The minimum atomic E-state index is -1.02. The van der Waals surface area contributed by atoms with Crippen LogP contribution >= 0.6 is 0 Å². The monoisotopic (exact) mass is 290 g/mol. The van der Waals surface area contributed by atoms with Crippen molar-refractivity contribution in [1.82, 2.24) is 4.57 Å². The molecule has 2 rings (SSSR count). The first-order valence-electron chi connectivity index (χ1n) is 6.25. The molecule has 1 aromatic carbocycles. The van der Waals surface area contributed by atoms with Crippen molar-refractivity contribution in [3.05, 3.63) is 51.8 Å². The van der Waals surface area contributed by atoms with Crippen LogP contribution in [0.1, 0.15) is 23.0 Å². The highest BCUT2D eigenvalue weighted by molar-refractivity contribution is 5.89. The lowest BCUT2D eigenvalue weighted by atomic mass is 10.2. The molecule has 1 heterocycles. The maximum absolute atomic E-state index is 11.2. The van der Waals surface area contributed by atoms with Crippen LogP contribution in [0.5, 0.6) is 5.75 Å². The molecule has 0 aliphatic rings. The highest BCUT2D eigenvalue weighted by atomic mass is 16.6. The van der Waals surface area contributed by atoms with Crippen molar-refractivity contribution in [3.63, 3.8) is 0 Å². The van der Waals surface area contributed by atoms with E-state index in [0.717, 1.165) is 0 Å². The molecule has 0 radical (unpaired) electrons. The third-order valence-electron chi connectivity index (χ3n) is 3.19. The van der Waals surface area contributed by atoms with Gasteiger partial charge in [-0.25, -0.2) is 4.79 Å². The Kier molecular flexibility index (Phi) is 3.93. The Hall–Kier alpha value is -2.83. The molecular formula is C14H14N2O5. The summed E-state index contributed by atoms with van der Waals surface area (Å²) >= 11 is 0. The van der Waals surface area contributed by atoms with Gasteiger partial charge in [0.2, 0.25) is 0 Å². The van der Waals surface area contributed by atoms with Crippen LogP contribution in [0.4, 0.5) is 5.69 Å². The Morgan fingerprint density at radius 1 is 1.43 bits per heavy atom. The summed E-state index contributed by atoms with van der Waals surface area (Å²) in [5.74, 6) is -0.860. The molecule has 0 spiro atoms. The van der Waals surface area contributed by atoms with Crippen LogP contribution in [0.3, 0.4) is 0 Å². The molecule has 7 nitrogen and oxygen atoms in total. The van der Waals surface area contributed by atoms with Crippen molar-refractivity contribution in [1.29, 1.82) is 0 Å². The summed E-state index contributed by atoms with van der Waals surface area (Å²) in [5, 5.41) is 20.2. The fourth-order valence-corrected chi connectivity index (χ4v) is 2.23. The summed E-state index contributed by atoms with van der Waals surface area (Å²) in [6.45, 7) is 1.83. The Labute approximate surface area is 120 Å². The highest BCUT2D eigenvalue weighted by Gasteiger charge is 2.19. The maximum atomic E-state index is 11.2. The molecule has 110 valence electrons. The number of carbonyl (C=O) groups is 1. The summed E-state index contributed by atoms with van der Waals surface area (Å²) < 4.78 is 6.59. The zero-order chi connectivity index (χ0) is 15.6. The topological polar surface area (TPSA) is 94.6 Å². The largest absolute Gasteiger partial charge is 0.490 e. The minimum absolute atomic E-state index is 0.160. The lowest BCUT2D eigenvalue weighted by molar-refractivity contribution is -0.385. The SMILES string of the molecule is CCc1c(C(=O)O)ccn1-c1ccc(OC)c([N+](=O)[O-])c1. The highest BCUT2D eigenvalue weighted by Crippen LogP contribution is 2.30. The summed E-state index contributed by atoms with van der Waals surface area (Å²) in [4.78, 5) is 21.7. The lowest BCUT2D eigenvalue weighted by Crippen LogP contribution is -2.05. The molecular weight excluding hydrogens is 276 g/mol. The van der Waals surface area contributed by atoms with Crippen molar-refractivity contribution < 1.29 is 19.6 Å².